The average Bonchev–Trinajstić information content (AvgIpc) is 2.41. The van der Waals surface area contributed by atoms with Crippen LogP contribution >= 0.6 is 0 Å². The van der Waals surface area contributed by atoms with Gasteiger partial charge in [-0.1, -0.05) is 19.8 Å². The van der Waals surface area contributed by atoms with Crippen molar-refractivity contribution in [3.63, 3.8) is 0 Å². The molecule has 19 heavy (non-hydrogen) atoms. The summed E-state index contributed by atoms with van der Waals surface area (Å²) in [6, 6.07) is 3.03. The number of nitrogens with one attached hydrogen (secondary N) is 1. The molecule has 5 heteroatoms. The summed E-state index contributed by atoms with van der Waals surface area (Å²) in [7, 11) is 0. The summed E-state index contributed by atoms with van der Waals surface area (Å²) in [4.78, 5) is 26.6. The number of carbonyl (C=O) groups excluding carboxylic acids is 1. The molecule has 1 fully saturated rings. The average molecular weight is 262 g/mol. The Morgan fingerprint density at radius 1 is 1.37 bits per heavy atom. The zero-order valence-corrected chi connectivity index (χ0v) is 10.9. The van der Waals surface area contributed by atoms with Gasteiger partial charge in [-0.05, 0) is 30.9 Å². The smallest absolute Gasteiger partial charge is 0.354 e. The van der Waals surface area contributed by atoms with Crippen LogP contribution in [0, 0.1) is 5.92 Å². The fourth-order valence-corrected chi connectivity index (χ4v) is 2.47. The molecule has 0 spiro atoms. The van der Waals surface area contributed by atoms with Crippen molar-refractivity contribution in [1.82, 2.24) is 10.3 Å². The van der Waals surface area contributed by atoms with Crippen molar-refractivity contribution in [1.29, 1.82) is 0 Å². The SMILES string of the molecule is CC1CCCCC1NC(=O)c1ccnc(C(=O)O)c1. The Morgan fingerprint density at radius 3 is 2.79 bits per heavy atom. The summed E-state index contributed by atoms with van der Waals surface area (Å²) in [5.74, 6) is -0.872. The third-order valence-corrected chi connectivity index (χ3v) is 3.67. The minimum Gasteiger partial charge on any atom is -0.477 e. The zero-order valence-electron chi connectivity index (χ0n) is 10.9. The molecule has 1 heterocycles. The number of pyridine rings is 1. The summed E-state index contributed by atoms with van der Waals surface area (Å²) < 4.78 is 0. The molecule has 1 aliphatic carbocycles. The number of hydrogen-bond acceptors (Lipinski definition) is 3. The van der Waals surface area contributed by atoms with Gasteiger partial charge in [-0.3, -0.25) is 4.79 Å². The maximum Gasteiger partial charge on any atom is 0.354 e. The van der Waals surface area contributed by atoms with Crippen molar-refractivity contribution in [3.8, 4) is 0 Å². The van der Waals surface area contributed by atoms with Crippen LogP contribution in [0.15, 0.2) is 18.3 Å². The minimum atomic E-state index is -1.12. The standard InChI is InChI=1S/C14H18N2O3/c1-9-4-2-3-5-11(9)16-13(17)10-6-7-15-12(8-10)14(18)19/h6-9,11H,2-5H2,1H3,(H,16,17)(H,18,19). The zero-order chi connectivity index (χ0) is 13.8. The van der Waals surface area contributed by atoms with E-state index in [9.17, 15) is 9.59 Å². The largest absolute Gasteiger partial charge is 0.477 e. The van der Waals surface area contributed by atoms with Crippen LogP contribution in [-0.4, -0.2) is 28.0 Å². The molecule has 1 aromatic heterocycles. The van der Waals surface area contributed by atoms with Crippen molar-refractivity contribution < 1.29 is 14.7 Å². The maximum absolute atomic E-state index is 12.1. The predicted molar refractivity (Wildman–Crippen MR) is 70.1 cm³/mol. The Hall–Kier alpha value is -1.91. The number of nitrogens with zero attached hydrogens (tertiary/aromatic N) is 1. The molecular formula is C14H18N2O3. The van der Waals surface area contributed by atoms with Crippen LogP contribution in [0.3, 0.4) is 0 Å². The topological polar surface area (TPSA) is 79.3 Å². The Kier molecular flexibility index (Phi) is 4.14. The molecule has 2 rings (SSSR count). The van der Waals surface area contributed by atoms with Gasteiger partial charge in [0.1, 0.15) is 5.69 Å². The fraction of sp³-hybridized carbons (Fsp3) is 0.500. The van der Waals surface area contributed by atoms with Crippen molar-refractivity contribution in [2.24, 2.45) is 5.92 Å². The molecular weight excluding hydrogens is 244 g/mol. The van der Waals surface area contributed by atoms with Gasteiger partial charge in [0.15, 0.2) is 0 Å². The number of carboxylic acids is 1. The molecule has 5 nitrogen and oxygen atoms in total. The van der Waals surface area contributed by atoms with Gasteiger partial charge in [0.2, 0.25) is 0 Å². The molecule has 0 bridgehead atoms. The Bertz CT molecular complexity index is 487. The lowest BCUT2D eigenvalue weighted by atomic mass is 9.86. The van der Waals surface area contributed by atoms with E-state index in [2.05, 4.69) is 17.2 Å². The van der Waals surface area contributed by atoms with Crippen LogP contribution in [0.4, 0.5) is 0 Å². The second-order valence-corrected chi connectivity index (χ2v) is 5.08. The van der Waals surface area contributed by atoms with Crippen LogP contribution in [0.25, 0.3) is 0 Å². The molecule has 1 aliphatic rings. The fourth-order valence-electron chi connectivity index (χ4n) is 2.47. The van der Waals surface area contributed by atoms with Gasteiger partial charge in [0.25, 0.3) is 5.91 Å². The second kappa shape index (κ2) is 5.82. The highest BCUT2D eigenvalue weighted by Gasteiger charge is 2.23. The van der Waals surface area contributed by atoms with E-state index in [0.717, 1.165) is 19.3 Å². The van der Waals surface area contributed by atoms with E-state index in [1.54, 1.807) is 0 Å². The molecule has 0 aromatic carbocycles. The van der Waals surface area contributed by atoms with Gasteiger partial charge in [0.05, 0.1) is 0 Å². The van der Waals surface area contributed by atoms with Gasteiger partial charge in [-0.25, -0.2) is 9.78 Å². The Labute approximate surface area is 112 Å². The highest BCUT2D eigenvalue weighted by molar-refractivity contribution is 5.96. The normalized spacial score (nSPS) is 22.8. The monoisotopic (exact) mass is 262 g/mol. The number of rotatable bonds is 3. The number of aromatic carboxylic acids is 1. The van der Waals surface area contributed by atoms with Crippen LogP contribution in [-0.2, 0) is 0 Å². The molecule has 2 atom stereocenters. The minimum absolute atomic E-state index is 0.107. The van der Waals surface area contributed by atoms with Crippen LogP contribution < -0.4 is 5.32 Å². The summed E-state index contributed by atoms with van der Waals surface area (Å²) in [6.07, 6.45) is 5.81. The van der Waals surface area contributed by atoms with Crippen molar-refractivity contribution in [2.75, 3.05) is 0 Å². The first-order chi connectivity index (χ1) is 9.08. The highest BCUT2D eigenvalue weighted by Crippen LogP contribution is 2.23. The molecule has 102 valence electrons. The molecule has 0 radical (unpaired) electrons. The van der Waals surface area contributed by atoms with E-state index in [1.807, 2.05) is 0 Å². The van der Waals surface area contributed by atoms with E-state index >= 15 is 0 Å². The van der Waals surface area contributed by atoms with Crippen molar-refractivity contribution in [3.05, 3.63) is 29.6 Å². The quantitative estimate of drug-likeness (QED) is 0.874. The molecule has 1 amide bonds. The lowest BCUT2D eigenvalue weighted by Gasteiger charge is -2.29. The predicted octanol–water partition coefficient (Wildman–Crippen LogP) is 2.09. The summed E-state index contributed by atoms with van der Waals surface area (Å²) in [6.45, 7) is 2.14. The van der Waals surface area contributed by atoms with E-state index in [4.69, 9.17) is 5.11 Å². The van der Waals surface area contributed by atoms with Gasteiger partial charge >= 0.3 is 5.97 Å². The van der Waals surface area contributed by atoms with E-state index < -0.39 is 5.97 Å². The lowest BCUT2D eigenvalue weighted by Crippen LogP contribution is -2.41. The van der Waals surface area contributed by atoms with E-state index in [1.165, 1.54) is 24.8 Å². The number of hydrogen-bond donors (Lipinski definition) is 2. The first-order valence-corrected chi connectivity index (χ1v) is 6.58. The molecule has 0 saturated heterocycles. The highest BCUT2D eigenvalue weighted by atomic mass is 16.4. The van der Waals surface area contributed by atoms with Gasteiger partial charge in [0, 0.05) is 17.8 Å². The van der Waals surface area contributed by atoms with Gasteiger partial charge in [-0.15, -0.1) is 0 Å². The van der Waals surface area contributed by atoms with Crippen LogP contribution in [0.1, 0.15) is 53.5 Å². The van der Waals surface area contributed by atoms with E-state index in [0.29, 0.717) is 11.5 Å². The second-order valence-electron chi connectivity index (χ2n) is 5.08. The van der Waals surface area contributed by atoms with Crippen LogP contribution in [0.5, 0.6) is 0 Å². The molecule has 0 aliphatic heterocycles. The summed E-state index contributed by atoms with van der Waals surface area (Å²) >= 11 is 0. The maximum atomic E-state index is 12.1. The third-order valence-electron chi connectivity index (χ3n) is 3.67. The summed E-state index contributed by atoms with van der Waals surface area (Å²) in [5.41, 5.74) is 0.245. The van der Waals surface area contributed by atoms with E-state index in [-0.39, 0.29) is 17.6 Å². The number of aromatic nitrogens is 1. The van der Waals surface area contributed by atoms with Gasteiger partial charge in [-0.2, -0.15) is 0 Å². The number of carbonyl (C=O) groups is 2. The Morgan fingerprint density at radius 2 is 2.11 bits per heavy atom. The molecule has 1 aromatic rings. The Balaban J connectivity index is 2.07. The molecule has 2 unspecified atom stereocenters. The first kappa shape index (κ1) is 13.5. The lowest BCUT2D eigenvalue weighted by molar-refractivity contribution is 0.0690. The van der Waals surface area contributed by atoms with Crippen LogP contribution in [0.2, 0.25) is 0 Å². The molecule has 2 N–H and O–H groups in total. The van der Waals surface area contributed by atoms with Crippen molar-refractivity contribution >= 4 is 11.9 Å². The molecule has 1 saturated carbocycles. The number of amides is 1. The summed E-state index contributed by atoms with van der Waals surface area (Å²) in [5, 5.41) is 11.9. The third kappa shape index (κ3) is 3.30. The van der Waals surface area contributed by atoms with Crippen molar-refractivity contribution in [2.45, 2.75) is 38.6 Å². The van der Waals surface area contributed by atoms with Gasteiger partial charge < -0.3 is 10.4 Å². The first-order valence-electron chi connectivity index (χ1n) is 6.58. The number of carboxylic acid groups (broad SMARTS) is 1.